The number of nitrogens with one attached hydrogen (secondary N) is 2. The van der Waals surface area contributed by atoms with Crippen molar-refractivity contribution in [3.63, 3.8) is 0 Å². The maximum Gasteiger partial charge on any atom is 0.222 e. The summed E-state index contributed by atoms with van der Waals surface area (Å²) in [5, 5.41) is 6.59. The second-order valence-corrected chi connectivity index (χ2v) is 4.30. The van der Waals surface area contributed by atoms with Crippen LogP contribution in [0.4, 0.5) is 11.8 Å². The molecular weight excluding hydrogens is 226 g/mol. The summed E-state index contributed by atoms with van der Waals surface area (Å²) in [6.07, 6.45) is 0. The lowest BCUT2D eigenvalue weighted by atomic mass is 10.2. The van der Waals surface area contributed by atoms with E-state index in [0.29, 0.717) is 5.95 Å². The van der Waals surface area contributed by atoms with Crippen LogP contribution in [0, 0.1) is 0 Å². The molecule has 0 saturated carbocycles. The summed E-state index contributed by atoms with van der Waals surface area (Å²) >= 11 is 0. The topological polar surface area (TPSA) is 75.9 Å². The molecule has 0 aliphatic carbocycles. The molecule has 0 fully saturated rings. The zero-order valence-corrected chi connectivity index (χ0v) is 9.98. The van der Waals surface area contributed by atoms with Crippen LogP contribution >= 0.6 is 0 Å². The molecule has 1 aromatic heterocycles. The first kappa shape index (κ1) is 11.0. The smallest absolute Gasteiger partial charge is 0.222 e. The van der Waals surface area contributed by atoms with Gasteiger partial charge in [-0.3, -0.25) is 0 Å². The van der Waals surface area contributed by atoms with Crippen LogP contribution in [-0.4, -0.2) is 9.97 Å². The number of fused-ring (bicyclic) bond motifs is 1. The van der Waals surface area contributed by atoms with Gasteiger partial charge in [0.25, 0.3) is 0 Å². The lowest BCUT2D eigenvalue weighted by Crippen LogP contribution is -2.08. The number of nitrogens with zero attached hydrogens (tertiary/aromatic N) is 2. The van der Waals surface area contributed by atoms with Crippen LogP contribution in [0.5, 0.6) is 0 Å². The first-order chi connectivity index (χ1) is 8.83. The van der Waals surface area contributed by atoms with Gasteiger partial charge in [-0.25, -0.2) is 4.98 Å². The molecule has 0 bridgehead atoms. The van der Waals surface area contributed by atoms with Gasteiger partial charge in [0.05, 0.1) is 5.69 Å². The second-order valence-electron chi connectivity index (χ2n) is 4.30. The van der Waals surface area contributed by atoms with Crippen molar-refractivity contribution < 1.29 is 0 Å². The van der Waals surface area contributed by atoms with E-state index in [2.05, 4.69) is 32.7 Å². The van der Waals surface area contributed by atoms with E-state index in [1.54, 1.807) is 0 Å². The highest BCUT2D eigenvalue weighted by Gasteiger charge is 2.17. The minimum atomic E-state index is 0.327. The van der Waals surface area contributed by atoms with Crippen molar-refractivity contribution >= 4 is 11.8 Å². The summed E-state index contributed by atoms with van der Waals surface area (Å²) in [5.74, 6) is 1.17. The standard InChI is InChI=1S/C13H15N5/c14-13-17-11-8-15-7-10(11)12(18-13)16-6-9-4-2-1-3-5-9/h1-5,15H,6-8H2,(H3,14,16,17,18). The summed E-state index contributed by atoms with van der Waals surface area (Å²) in [4.78, 5) is 8.51. The van der Waals surface area contributed by atoms with Crippen LogP contribution in [0.3, 0.4) is 0 Å². The molecule has 3 rings (SSSR count). The van der Waals surface area contributed by atoms with Crippen molar-refractivity contribution in [3.8, 4) is 0 Å². The Morgan fingerprint density at radius 3 is 2.83 bits per heavy atom. The molecule has 1 aliphatic rings. The van der Waals surface area contributed by atoms with Crippen LogP contribution in [0.1, 0.15) is 16.8 Å². The molecule has 92 valence electrons. The third kappa shape index (κ3) is 2.12. The summed E-state index contributed by atoms with van der Waals surface area (Å²) in [6, 6.07) is 10.2. The van der Waals surface area contributed by atoms with Gasteiger partial charge in [-0.1, -0.05) is 30.3 Å². The highest BCUT2D eigenvalue weighted by Crippen LogP contribution is 2.22. The van der Waals surface area contributed by atoms with Gasteiger partial charge < -0.3 is 16.4 Å². The fourth-order valence-corrected chi connectivity index (χ4v) is 2.12. The van der Waals surface area contributed by atoms with E-state index in [4.69, 9.17) is 5.73 Å². The Balaban J connectivity index is 1.81. The molecule has 0 radical (unpaired) electrons. The fraction of sp³-hybridized carbons (Fsp3) is 0.231. The third-order valence-corrected chi connectivity index (χ3v) is 3.01. The van der Waals surface area contributed by atoms with Crippen LogP contribution in [0.2, 0.25) is 0 Å². The number of nitrogens with two attached hydrogens (primary N) is 1. The van der Waals surface area contributed by atoms with Crippen molar-refractivity contribution in [1.82, 2.24) is 15.3 Å². The molecule has 5 nitrogen and oxygen atoms in total. The number of hydrogen-bond acceptors (Lipinski definition) is 5. The molecule has 0 atom stereocenters. The number of aromatic nitrogens is 2. The maximum atomic E-state index is 5.71. The van der Waals surface area contributed by atoms with Gasteiger partial charge in [0.15, 0.2) is 0 Å². The van der Waals surface area contributed by atoms with Gasteiger partial charge in [-0.2, -0.15) is 4.98 Å². The molecule has 1 aliphatic heterocycles. The Labute approximate surface area is 105 Å². The van der Waals surface area contributed by atoms with E-state index < -0.39 is 0 Å². The van der Waals surface area contributed by atoms with E-state index in [-0.39, 0.29) is 0 Å². The Bertz CT molecular complexity index is 553. The van der Waals surface area contributed by atoms with Crippen molar-refractivity contribution in [2.24, 2.45) is 0 Å². The van der Waals surface area contributed by atoms with Crippen LogP contribution in [-0.2, 0) is 19.6 Å². The normalized spacial score (nSPS) is 13.3. The van der Waals surface area contributed by atoms with Crippen LogP contribution in [0.15, 0.2) is 30.3 Å². The Hall–Kier alpha value is -2.14. The van der Waals surface area contributed by atoms with Gasteiger partial charge in [0, 0.05) is 25.2 Å². The minimum absolute atomic E-state index is 0.327. The lowest BCUT2D eigenvalue weighted by Gasteiger charge is -2.10. The summed E-state index contributed by atoms with van der Waals surface area (Å²) in [6.45, 7) is 2.30. The monoisotopic (exact) mass is 241 g/mol. The maximum absolute atomic E-state index is 5.71. The number of hydrogen-bond donors (Lipinski definition) is 3. The van der Waals surface area contributed by atoms with Gasteiger partial charge in [0.2, 0.25) is 5.95 Å². The summed E-state index contributed by atoms with van der Waals surface area (Å²) < 4.78 is 0. The van der Waals surface area contributed by atoms with Gasteiger partial charge >= 0.3 is 0 Å². The average molecular weight is 241 g/mol. The molecular formula is C13H15N5. The van der Waals surface area contributed by atoms with E-state index in [1.807, 2.05) is 18.2 Å². The third-order valence-electron chi connectivity index (χ3n) is 3.01. The zero-order valence-electron chi connectivity index (χ0n) is 9.98. The molecule has 5 heteroatoms. The van der Waals surface area contributed by atoms with E-state index >= 15 is 0 Å². The van der Waals surface area contributed by atoms with Gasteiger partial charge in [-0.15, -0.1) is 0 Å². The van der Waals surface area contributed by atoms with Crippen molar-refractivity contribution in [2.75, 3.05) is 11.1 Å². The molecule has 2 heterocycles. The lowest BCUT2D eigenvalue weighted by molar-refractivity contribution is 0.758. The molecule has 4 N–H and O–H groups in total. The quantitative estimate of drug-likeness (QED) is 0.754. The Kier molecular flexibility index (Phi) is 2.82. The van der Waals surface area contributed by atoms with Gasteiger partial charge in [0.1, 0.15) is 5.82 Å². The van der Waals surface area contributed by atoms with E-state index in [9.17, 15) is 0 Å². The van der Waals surface area contributed by atoms with Crippen molar-refractivity contribution in [1.29, 1.82) is 0 Å². The Morgan fingerprint density at radius 1 is 1.17 bits per heavy atom. The predicted octanol–water partition coefficient (Wildman–Crippen LogP) is 1.27. The zero-order chi connectivity index (χ0) is 12.4. The fourth-order valence-electron chi connectivity index (χ4n) is 2.12. The van der Waals surface area contributed by atoms with Gasteiger partial charge in [-0.05, 0) is 5.56 Å². The number of rotatable bonds is 3. The minimum Gasteiger partial charge on any atom is -0.368 e. The summed E-state index contributed by atoms with van der Waals surface area (Å²) in [7, 11) is 0. The first-order valence-electron chi connectivity index (χ1n) is 5.97. The molecule has 0 spiro atoms. The van der Waals surface area contributed by atoms with Crippen molar-refractivity contribution in [2.45, 2.75) is 19.6 Å². The van der Waals surface area contributed by atoms with Crippen LogP contribution < -0.4 is 16.4 Å². The van der Waals surface area contributed by atoms with Crippen LogP contribution in [0.25, 0.3) is 0 Å². The Morgan fingerprint density at radius 2 is 2.00 bits per heavy atom. The number of nitrogen functional groups attached to an aromatic ring is 1. The van der Waals surface area contributed by atoms with Crippen molar-refractivity contribution in [3.05, 3.63) is 47.2 Å². The SMILES string of the molecule is Nc1nc2c(c(NCc3ccccc3)n1)CNC2. The second kappa shape index (κ2) is 4.62. The molecule has 18 heavy (non-hydrogen) atoms. The number of anilines is 2. The largest absolute Gasteiger partial charge is 0.368 e. The van der Waals surface area contributed by atoms with E-state index in [0.717, 1.165) is 36.7 Å². The highest BCUT2D eigenvalue weighted by atomic mass is 15.1. The molecule has 0 saturated heterocycles. The molecule has 0 amide bonds. The molecule has 2 aromatic rings. The number of benzene rings is 1. The molecule has 0 unspecified atom stereocenters. The predicted molar refractivity (Wildman–Crippen MR) is 70.8 cm³/mol. The highest BCUT2D eigenvalue weighted by molar-refractivity contribution is 5.51. The van der Waals surface area contributed by atoms with E-state index in [1.165, 1.54) is 5.56 Å². The molecule has 1 aromatic carbocycles. The summed E-state index contributed by atoms with van der Waals surface area (Å²) in [5.41, 5.74) is 9.05. The first-order valence-corrected chi connectivity index (χ1v) is 5.97. The average Bonchev–Trinajstić information content (AvgIpc) is 2.85.